The lowest BCUT2D eigenvalue weighted by Crippen LogP contribution is -2.50. The average Bonchev–Trinajstić information content (AvgIpc) is 2.73. The molecule has 0 radical (unpaired) electrons. The Bertz CT molecular complexity index is 865. The number of rotatable bonds is 5. The van der Waals surface area contributed by atoms with Gasteiger partial charge in [0.15, 0.2) is 11.5 Å². The number of nitrogens with zero attached hydrogens (tertiary/aromatic N) is 5. The fraction of sp³-hybridized carbons (Fsp3) is 0.450. The number of nitrogens with one attached hydrogen (secondary N) is 1. The number of hydrogen-bond acceptors (Lipinski definition) is 7. The highest BCUT2D eigenvalue weighted by molar-refractivity contribution is 5.91. The smallest absolute Gasteiger partial charge is 0.322 e. The van der Waals surface area contributed by atoms with E-state index >= 15 is 0 Å². The molecule has 0 atom stereocenters. The Morgan fingerprint density at radius 2 is 1.83 bits per heavy atom. The lowest BCUT2D eigenvalue weighted by molar-refractivity contribution is 0.208. The van der Waals surface area contributed by atoms with Crippen molar-refractivity contribution in [2.75, 3.05) is 69.6 Å². The molecule has 1 N–H and O–H groups in total. The zero-order chi connectivity index (χ0) is 21.0. The molecule has 156 valence electrons. The van der Waals surface area contributed by atoms with Crippen molar-refractivity contribution in [3.8, 4) is 11.5 Å². The van der Waals surface area contributed by atoms with Gasteiger partial charge in [-0.15, -0.1) is 0 Å². The second kappa shape index (κ2) is 8.85. The number of carbonyl (C=O) groups is 1. The molecule has 9 nitrogen and oxygen atoms in total. The summed E-state index contributed by atoms with van der Waals surface area (Å²) in [6.07, 6.45) is 0. The summed E-state index contributed by atoms with van der Waals surface area (Å²) >= 11 is 0. The van der Waals surface area contributed by atoms with Crippen LogP contribution in [0.2, 0.25) is 0 Å². The van der Waals surface area contributed by atoms with Gasteiger partial charge >= 0.3 is 6.03 Å². The zero-order valence-corrected chi connectivity index (χ0v) is 17.6. The normalized spacial score (nSPS) is 13.8. The van der Waals surface area contributed by atoms with Crippen LogP contribution >= 0.6 is 0 Å². The van der Waals surface area contributed by atoms with Crippen LogP contribution in [0.5, 0.6) is 11.5 Å². The summed E-state index contributed by atoms with van der Waals surface area (Å²) < 4.78 is 10.7. The molecular formula is C20H28N6O3. The summed E-state index contributed by atoms with van der Waals surface area (Å²) in [7, 11) is 7.04. The molecule has 1 aromatic heterocycles. The molecule has 1 saturated heterocycles. The summed E-state index contributed by atoms with van der Waals surface area (Å²) in [4.78, 5) is 27.7. The van der Waals surface area contributed by atoms with Gasteiger partial charge in [-0.2, -0.15) is 0 Å². The van der Waals surface area contributed by atoms with Gasteiger partial charge in [0.2, 0.25) is 0 Å². The number of piperazine rings is 1. The standard InChI is InChI=1S/C20H28N6O3/c1-14-21-17(24(2)3)13-18(22-14)25-9-11-26(12-10-25)20(27)23-15-7-6-8-16(28-4)19(15)29-5/h6-8,13H,9-12H2,1-5H3,(H,23,27). The topological polar surface area (TPSA) is 83.1 Å². The molecule has 1 aliphatic heterocycles. The fourth-order valence-electron chi connectivity index (χ4n) is 3.25. The van der Waals surface area contributed by atoms with E-state index in [-0.39, 0.29) is 6.03 Å². The van der Waals surface area contributed by atoms with E-state index in [1.165, 1.54) is 0 Å². The van der Waals surface area contributed by atoms with E-state index in [9.17, 15) is 4.79 Å². The number of benzene rings is 1. The third kappa shape index (κ3) is 4.61. The molecule has 1 fully saturated rings. The maximum atomic E-state index is 12.7. The quantitative estimate of drug-likeness (QED) is 0.824. The summed E-state index contributed by atoms with van der Waals surface area (Å²) in [5, 5.41) is 2.92. The molecule has 2 aromatic rings. The minimum Gasteiger partial charge on any atom is -0.493 e. The van der Waals surface area contributed by atoms with E-state index < -0.39 is 0 Å². The summed E-state index contributed by atoms with van der Waals surface area (Å²) in [6, 6.07) is 7.21. The maximum absolute atomic E-state index is 12.7. The van der Waals surface area contributed by atoms with Crippen LogP contribution in [0.25, 0.3) is 0 Å². The van der Waals surface area contributed by atoms with Gasteiger partial charge < -0.3 is 29.5 Å². The highest BCUT2D eigenvalue weighted by Crippen LogP contribution is 2.34. The molecule has 9 heteroatoms. The third-order valence-corrected chi connectivity index (χ3v) is 4.80. The first-order valence-electron chi connectivity index (χ1n) is 9.47. The molecule has 3 rings (SSSR count). The second-order valence-electron chi connectivity index (χ2n) is 6.97. The van der Waals surface area contributed by atoms with Crippen LogP contribution in [0.4, 0.5) is 22.1 Å². The predicted octanol–water partition coefficient (Wildman–Crippen LogP) is 2.22. The molecule has 1 aliphatic rings. The van der Waals surface area contributed by atoms with Gasteiger partial charge in [-0.3, -0.25) is 0 Å². The number of urea groups is 1. The molecule has 0 spiro atoms. The van der Waals surface area contributed by atoms with Crippen LogP contribution in [0, 0.1) is 6.92 Å². The van der Waals surface area contributed by atoms with Crippen LogP contribution < -0.4 is 24.6 Å². The number of ether oxygens (including phenoxy) is 2. The van der Waals surface area contributed by atoms with Crippen molar-refractivity contribution in [3.63, 3.8) is 0 Å². The Morgan fingerprint density at radius 3 is 2.45 bits per heavy atom. The first kappa shape index (κ1) is 20.5. The molecule has 0 aliphatic carbocycles. The Hall–Kier alpha value is -3.23. The van der Waals surface area contributed by atoms with E-state index in [0.29, 0.717) is 43.4 Å². The fourth-order valence-corrected chi connectivity index (χ4v) is 3.25. The largest absolute Gasteiger partial charge is 0.493 e. The number of hydrogen-bond donors (Lipinski definition) is 1. The van der Waals surface area contributed by atoms with Crippen LogP contribution in [0.1, 0.15) is 5.82 Å². The Kier molecular flexibility index (Phi) is 6.26. The van der Waals surface area contributed by atoms with E-state index in [2.05, 4.69) is 20.2 Å². The molecule has 1 aromatic carbocycles. The Labute approximate surface area is 171 Å². The molecule has 0 bridgehead atoms. The van der Waals surface area contributed by atoms with E-state index in [0.717, 1.165) is 17.5 Å². The van der Waals surface area contributed by atoms with Crippen LogP contribution in [-0.4, -0.2) is 75.4 Å². The van der Waals surface area contributed by atoms with Gasteiger partial charge in [0.05, 0.1) is 19.9 Å². The number of para-hydroxylation sites is 1. The lowest BCUT2D eigenvalue weighted by Gasteiger charge is -2.35. The third-order valence-electron chi connectivity index (χ3n) is 4.80. The highest BCUT2D eigenvalue weighted by atomic mass is 16.5. The van der Waals surface area contributed by atoms with Crippen molar-refractivity contribution in [1.29, 1.82) is 0 Å². The van der Waals surface area contributed by atoms with Crippen molar-refractivity contribution in [2.24, 2.45) is 0 Å². The van der Waals surface area contributed by atoms with Gasteiger partial charge in [-0.25, -0.2) is 14.8 Å². The van der Waals surface area contributed by atoms with E-state index in [1.807, 2.05) is 38.1 Å². The minimum absolute atomic E-state index is 0.163. The molecule has 0 unspecified atom stereocenters. The number of methoxy groups -OCH3 is 2. The number of amides is 2. The SMILES string of the molecule is COc1cccc(NC(=O)N2CCN(c3cc(N(C)C)nc(C)n3)CC2)c1OC. The summed E-state index contributed by atoms with van der Waals surface area (Å²) in [5.41, 5.74) is 0.585. The van der Waals surface area contributed by atoms with Crippen molar-refractivity contribution < 1.29 is 14.3 Å². The maximum Gasteiger partial charge on any atom is 0.322 e. The number of carbonyl (C=O) groups excluding carboxylic acids is 1. The number of anilines is 3. The first-order chi connectivity index (χ1) is 13.9. The van der Waals surface area contributed by atoms with Crippen LogP contribution in [0.15, 0.2) is 24.3 Å². The van der Waals surface area contributed by atoms with Crippen molar-refractivity contribution in [3.05, 3.63) is 30.1 Å². The summed E-state index contributed by atoms with van der Waals surface area (Å²) in [5.74, 6) is 3.57. The van der Waals surface area contributed by atoms with Crippen molar-refractivity contribution in [1.82, 2.24) is 14.9 Å². The monoisotopic (exact) mass is 400 g/mol. The first-order valence-corrected chi connectivity index (χ1v) is 9.47. The van der Waals surface area contributed by atoms with E-state index in [4.69, 9.17) is 9.47 Å². The van der Waals surface area contributed by atoms with Gasteiger partial charge in [-0.1, -0.05) is 6.07 Å². The number of aryl methyl sites for hydroxylation is 1. The van der Waals surface area contributed by atoms with Crippen LogP contribution in [-0.2, 0) is 0 Å². The Morgan fingerprint density at radius 1 is 1.10 bits per heavy atom. The zero-order valence-electron chi connectivity index (χ0n) is 17.6. The van der Waals surface area contributed by atoms with Gasteiger partial charge in [0.25, 0.3) is 0 Å². The van der Waals surface area contributed by atoms with Crippen LogP contribution in [0.3, 0.4) is 0 Å². The summed E-state index contributed by atoms with van der Waals surface area (Å²) in [6.45, 7) is 4.48. The average molecular weight is 400 g/mol. The van der Waals surface area contributed by atoms with E-state index in [1.54, 1.807) is 31.3 Å². The second-order valence-corrected chi connectivity index (χ2v) is 6.97. The molecule has 29 heavy (non-hydrogen) atoms. The predicted molar refractivity (Wildman–Crippen MR) is 113 cm³/mol. The van der Waals surface area contributed by atoms with Crippen molar-refractivity contribution >= 4 is 23.4 Å². The molecule has 0 saturated carbocycles. The van der Waals surface area contributed by atoms with Gasteiger partial charge in [0, 0.05) is 46.3 Å². The van der Waals surface area contributed by atoms with Gasteiger partial charge in [0.1, 0.15) is 17.5 Å². The molecular weight excluding hydrogens is 372 g/mol. The Balaban J connectivity index is 1.65. The van der Waals surface area contributed by atoms with Crippen molar-refractivity contribution in [2.45, 2.75) is 6.92 Å². The minimum atomic E-state index is -0.163. The number of aromatic nitrogens is 2. The highest BCUT2D eigenvalue weighted by Gasteiger charge is 2.24. The molecule has 2 heterocycles. The molecule has 2 amide bonds. The lowest BCUT2D eigenvalue weighted by atomic mass is 10.2. The van der Waals surface area contributed by atoms with Gasteiger partial charge in [-0.05, 0) is 19.1 Å².